The van der Waals surface area contributed by atoms with Crippen LogP contribution in [0.4, 0.5) is 0 Å². The minimum atomic E-state index is -0.802. The van der Waals surface area contributed by atoms with E-state index < -0.39 is 29.1 Å². The van der Waals surface area contributed by atoms with E-state index in [0.29, 0.717) is 18.4 Å². The maximum atomic E-state index is 13.9. The number of fused-ring (bicyclic) bond motifs is 2. The standard InChI is InChI=1S/C35H44O10/c1-16-12-25(44-32(40)22(16)15-41-18(3)36)17(2)24-14-26(42-19(4)37)31-21-13-29-35(45-29)28(43-20(5)38)10-9-27(39)34(35)23(30(21)34)8-7-11-33(24,31)6/h9-10,17,21,23-26,28-31H,7-8,11-15H2,1-6H3/t17-,21?,23+,24?,25?,26+,28+,29+,30?,31?,33+,34+,35+/m0/s1. The molecule has 2 spiro atoms. The minimum Gasteiger partial charge on any atom is -0.462 e. The molecule has 0 bridgehead atoms. The smallest absolute Gasteiger partial charge is 0.337 e. The van der Waals surface area contributed by atoms with Crippen LogP contribution >= 0.6 is 0 Å². The SMILES string of the molecule is CC(=O)OCC1=C(C)CC([C@@H](C)C2C[C@@H](OC(C)=O)C3C4C[C@H]5O[C@]56[C@H](OC(C)=O)C=CC(=O)[C@]65C4[C@H]5CCC[C@]23C)OC1=O. The van der Waals surface area contributed by atoms with E-state index in [-0.39, 0.29) is 83.6 Å². The van der Waals surface area contributed by atoms with Crippen molar-refractivity contribution in [3.8, 4) is 0 Å². The fourth-order valence-corrected chi connectivity index (χ4v) is 11.5. The van der Waals surface area contributed by atoms with Crippen LogP contribution in [0.2, 0.25) is 0 Å². The summed E-state index contributed by atoms with van der Waals surface area (Å²) in [6.07, 6.45) is 6.46. The summed E-state index contributed by atoms with van der Waals surface area (Å²) in [4.78, 5) is 63.0. The van der Waals surface area contributed by atoms with Gasteiger partial charge in [0.15, 0.2) is 11.9 Å². The summed E-state index contributed by atoms with van der Waals surface area (Å²) >= 11 is 0. The highest BCUT2D eigenvalue weighted by Crippen LogP contribution is 2.84. The van der Waals surface area contributed by atoms with E-state index in [1.807, 2.05) is 6.92 Å². The third kappa shape index (κ3) is 4.19. The van der Waals surface area contributed by atoms with Crippen LogP contribution in [0, 0.1) is 46.3 Å². The molecule has 7 rings (SSSR count). The highest BCUT2D eigenvalue weighted by molar-refractivity contribution is 6.01. The first-order valence-electron chi connectivity index (χ1n) is 16.5. The lowest BCUT2D eigenvalue weighted by Gasteiger charge is -2.47. The molecule has 5 aliphatic carbocycles. The molecule has 5 unspecified atom stereocenters. The fourth-order valence-electron chi connectivity index (χ4n) is 11.5. The molecule has 0 radical (unpaired) electrons. The van der Waals surface area contributed by atoms with Gasteiger partial charge in [-0.2, -0.15) is 0 Å². The first kappa shape index (κ1) is 30.6. The minimum absolute atomic E-state index is 0.00423. The van der Waals surface area contributed by atoms with E-state index in [1.165, 1.54) is 20.8 Å². The second-order valence-electron chi connectivity index (χ2n) is 15.0. The Morgan fingerprint density at radius 3 is 2.44 bits per heavy atom. The molecule has 2 aliphatic heterocycles. The molecule has 0 aromatic carbocycles. The van der Waals surface area contributed by atoms with Crippen molar-refractivity contribution in [3.63, 3.8) is 0 Å². The van der Waals surface area contributed by atoms with E-state index >= 15 is 0 Å². The summed E-state index contributed by atoms with van der Waals surface area (Å²) in [6.45, 7) is 10.4. The first-order valence-corrected chi connectivity index (χ1v) is 16.5. The molecule has 0 amide bonds. The average Bonchev–Trinajstić information content (AvgIpc) is 3.81. The number of carbonyl (C=O) groups is 5. The number of carbonyl (C=O) groups excluding carboxylic acids is 5. The zero-order valence-corrected chi connectivity index (χ0v) is 27.0. The molecule has 0 N–H and O–H groups in total. The van der Waals surface area contributed by atoms with Crippen molar-refractivity contribution in [2.24, 2.45) is 46.3 Å². The summed E-state index contributed by atoms with van der Waals surface area (Å²) < 4.78 is 29.6. The zero-order valence-electron chi connectivity index (χ0n) is 27.0. The average molecular weight is 625 g/mol. The summed E-state index contributed by atoms with van der Waals surface area (Å²) in [6, 6.07) is 0. The lowest BCUT2D eigenvalue weighted by atomic mass is 9.57. The molecule has 2 heterocycles. The molecule has 7 aliphatic rings. The second kappa shape index (κ2) is 10.2. The number of rotatable bonds is 6. The Balaban J connectivity index is 1.21. The molecule has 4 saturated carbocycles. The van der Waals surface area contributed by atoms with Gasteiger partial charge in [0.05, 0.1) is 17.1 Å². The molecule has 0 aromatic heterocycles. The third-order valence-electron chi connectivity index (χ3n) is 13.0. The maximum Gasteiger partial charge on any atom is 0.337 e. The van der Waals surface area contributed by atoms with Crippen LogP contribution in [0.5, 0.6) is 0 Å². The number of allylic oxidation sites excluding steroid dienone is 1. The predicted octanol–water partition coefficient (Wildman–Crippen LogP) is 4.04. The molecule has 13 atom stereocenters. The lowest BCUT2D eigenvalue weighted by molar-refractivity contribution is -0.155. The molecule has 1 saturated heterocycles. The van der Waals surface area contributed by atoms with Crippen LogP contribution in [-0.4, -0.2) is 66.3 Å². The van der Waals surface area contributed by atoms with Crippen LogP contribution in [0.15, 0.2) is 23.3 Å². The van der Waals surface area contributed by atoms with Gasteiger partial charge >= 0.3 is 23.9 Å². The molecule has 10 heteroatoms. The number of ether oxygens (including phenoxy) is 5. The van der Waals surface area contributed by atoms with Gasteiger partial charge in [0.1, 0.15) is 24.4 Å². The van der Waals surface area contributed by atoms with Crippen molar-refractivity contribution in [1.29, 1.82) is 0 Å². The van der Waals surface area contributed by atoms with Crippen LogP contribution in [0.3, 0.4) is 0 Å². The molecule has 244 valence electrons. The maximum absolute atomic E-state index is 13.9. The predicted molar refractivity (Wildman–Crippen MR) is 157 cm³/mol. The van der Waals surface area contributed by atoms with Crippen LogP contribution < -0.4 is 0 Å². The quantitative estimate of drug-likeness (QED) is 0.242. The molecular formula is C35H44O10. The number of hydrogen-bond acceptors (Lipinski definition) is 10. The van der Waals surface area contributed by atoms with Gasteiger partial charge in [0.2, 0.25) is 0 Å². The molecule has 0 aromatic rings. The molecule has 45 heavy (non-hydrogen) atoms. The third-order valence-corrected chi connectivity index (χ3v) is 13.0. The molecule has 10 nitrogen and oxygen atoms in total. The van der Waals surface area contributed by atoms with Crippen molar-refractivity contribution in [3.05, 3.63) is 23.3 Å². The van der Waals surface area contributed by atoms with Crippen molar-refractivity contribution in [2.45, 2.75) is 110 Å². The number of esters is 4. The summed E-state index contributed by atoms with van der Waals surface area (Å²) in [7, 11) is 0. The second-order valence-corrected chi connectivity index (χ2v) is 15.0. The Morgan fingerprint density at radius 2 is 1.78 bits per heavy atom. The van der Waals surface area contributed by atoms with Crippen LogP contribution in [-0.2, 0) is 47.7 Å². The normalized spacial score (nSPS) is 46.2. The van der Waals surface area contributed by atoms with Crippen LogP contribution in [0.25, 0.3) is 0 Å². The Labute approximate surface area is 263 Å². The summed E-state index contributed by atoms with van der Waals surface area (Å²) in [5.74, 6) is -1.17. The monoisotopic (exact) mass is 624 g/mol. The van der Waals surface area contributed by atoms with Gasteiger partial charge in [-0.1, -0.05) is 25.8 Å². The van der Waals surface area contributed by atoms with Gasteiger partial charge in [-0.3, -0.25) is 19.2 Å². The van der Waals surface area contributed by atoms with Gasteiger partial charge < -0.3 is 23.7 Å². The lowest BCUT2D eigenvalue weighted by Crippen LogP contribution is -2.54. The topological polar surface area (TPSA) is 135 Å². The summed E-state index contributed by atoms with van der Waals surface area (Å²) in [5, 5.41) is 0. The number of epoxide rings is 1. The Bertz CT molecular complexity index is 1430. The Kier molecular flexibility index (Phi) is 6.97. The molecule has 5 fully saturated rings. The largest absolute Gasteiger partial charge is 0.462 e. The van der Waals surface area contributed by atoms with E-state index in [1.54, 1.807) is 12.2 Å². The highest BCUT2D eigenvalue weighted by Gasteiger charge is 2.92. The van der Waals surface area contributed by atoms with Crippen molar-refractivity contribution in [2.75, 3.05) is 6.61 Å². The highest BCUT2D eigenvalue weighted by atomic mass is 16.7. The van der Waals surface area contributed by atoms with E-state index in [9.17, 15) is 24.0 Å². The van der Waals surface area contributed by atoms with Gasteiger partial charge in [0, 0.05) is 33.1 Å². The van der Waals surface area contributed by atoms with E-state index in [2.05, 4.69) is 13.8 Å². The summed E-state index contributed by atoms with van der Waals surface area (Å²) in [5.41, 5.74) is -0.500. The van der Waals surface area contributed by atoms with E-state index in [4.69, 9.17) is 23.7 Å². The first-order chi connectivity index (χ1) is 21.3. The van der Waals surface area contributed by atoms with Crippen LogP contribution in [0.1, 0.15) is 80.1 Å². The number of hydrogen-bond donors (Lipinski definition) is 0. The Hall–Kier alpha value is -3.01. The van der Waals surface area contributed by atoms with Crippen molar-refractivity contribution >= 4 is 29.7 Å². The number of cyclic esters (lactones) is 1. The van der Waals surface area contributed by atoms with Gasteiger partial charge in [0.25, 0.3) is 0 Å². The van der Waals surface area contributed by atoms with Gasteiger partial charge in [-0.25, -0.2) is 4.79 Å². The van der Waals surface area contributed by atoms with Gasteiger partial charge in [-0.15, -0.1) is 0 Å². The van der Waals surface area contributed by atoms with Crippen molar-refractivity contribution in [1.82, 2.24) is 0 Å². The fraction of sp³-hybridized carbons (Fsp3) is 0.743. The van der Waals surface area contributed by atoms with Gasteiger partial charge in [-0.05, 0) is 79.8 Å². The Morgan fingerprint density at radius 1 is 1.04 bits per heavy atom. The zero-order chi connectivity index (χ0) is 32.2. The number of ketones is 1. The molecular weight excluding hydrogens is 580 g/mol. The van der Waals surface area contributed by atoms with E-state index in [0.717, 1.165) is 31.3 Å². The van der Waals surface area contributed by atoms with Crippen molar-refractivity contribution < 1.29 is 47.7 Å².